The maximum absolute atomic E-state index is 11.2. The minimum absolute atomic E-state index is 0.0199. The van der Waals surface area contributed by atoms with Crippen molar-refractivity contribution in [2.75, 3.05) is 9.80 Å². The van der Waals surface area contributed by atoms with Gasteiger partial charge in [-0.1, -0.05) is 114 Å². The van der Waals surface area contributed by atoms with Crippen LogP contribution in [0, 0.1) is 6.92 Å². The van der Waals surface area contributed by atoms with Crippen LogP contribution in [0.5, 0.6) is 5.75 Å². The molecule has 0 spiro atoms. The van der Waals surface area contributed by atoms with Crippen LogP contribution in [0.3, 0.4) is 0 Å². The van der Waals surface area contributed by atoms with Crippen LogP contribution in [0.2, 0.25) is 0 Å². The van der Waals surface area contributed by atoms with Crippen LogP contribution in [0.25, 0.3) is 10.1 Å². The molecule has 5 aromatic carbocycles. The van der Waals surface area contributed by atoms with Gasteiger partial charge >= 0.3 is 0 Å². The smallest absolute Gasteiger partial charge is 0.264 e. The zero-order valence-electron chi connectivity index (χ0n) is 34.8. The molecule has 1 aromatic heterocycles. The van der Waals surface area contributed by atoms with E-state index in [1.807, 2.05) is 11.3 Å². The van der Waals surface area contributed by atoms with Crippen molar-refractivity contribution in [2.24, 2.45) is 0 Å². The van der Waals surface area contributed by atoms with Crippen LogP contribution in [0.1, 0.15) is 84.6 Å². The van der Waals surface area contributed by atoms with Gasteiger partial charge in [-0.3, -0.25) is 0 Å². The Bertz CT molecular complexity index is 2510. The molecule has 54 heavy (non-hydrogen) atoms. The number of thiophene rings is 1. The molecule has 0 fully saturated rings. The molecule has 0 bridgehead atoms. The molecule has 2 aliphatic rings. The van der Waals surface area contributed by atoms with Crippen LogP contribution < -0.4 is 47.4 Å². The second-order valence-electron chi connectivity index (χ2n) is 19.1. The molecule has 0 radical (unpaired) electrons. The Morgan fingerprint density at radius 3 is 1.67 bits per heavy atom. The van der Waals surface area contributed by atoms with Gasteiger partial charge in [0.2, 0.25) is 0 Å². The van der Waals surface area contributed by atoms with Gasteiger partial charge in [0.25, 0.3) is 6.71 Å². The van der Waals surface area contributed by atoms with Gasteiger partial charge in [0, 0.05) is 43.3 Å². The monoisotopic (exact) mass is 722 g/mol. The number of hydrogen-bond acceptors (Lipinski definition) is 4. The molecule has 0 saturated carbocycles. The summed E-state index contributed by atoms with van der Waals surface area (Å²) < 4.78 is 2.72. The van der Waals surface area contributed by atoms with Crippen molar-refractivity contribution in [1.29, 1.82) is 0 Å². The van der Waals surface area contributed by atoms with Crippen molar-refractivity contribution in [1.82, 2.24) is 0 Å². The number of benzene rings is 5. The minimum atomic E-state index is -0.0199. The maximum atomic E-state index is 11.2. The fraction of sp³-hybridized carbons (Fsp3) is 0.289. The third-order valence-electron chi connectivity index (χ3n) is 12.3. The Morgan fingerprint density at radius 2 is 1.09 bits per heavy atom. The number of phenols is 1. The van der Waals surface area contributed by atoms with Gasteiger partial charge in [0.05, 0.1) is 5.69 Å². The molecule has 0 aliphatic carbocycles. The van der Waals surface area contributed by atoms with E-state index in [4.69, 9.17) is 0 Å². The Balaban J connectivity index is 1.53. The van der Waals surface area contributed by atoms with Gasteiger partial charge in [0.15, 0.2) is 0 Å². The summed E-state index contributed by atoms with van der Waals surface area (Å²) in [5.41, 5.74) is 19.4. The SMILES string of the molecule is Bc1c(B)c(N2c3ccc(C(C)(C)C)cc3B3c4sc5ccc(C(C)(C)C)cc5c4N(c4ccc(C(C)(C)C)cc4)c4cc(C)cc2c43)c(B)c(B)c1O. The van der Waals surface area contributed by atoms with Gasteiger partial charge < -0.3 is 14.9 Å². The van der Waals surface area contributed by atoms with Crippen LogP contribution in [-0.2, 0) is 16.2 Å². The molecule has 3 nitrogen and oxygen atoms in total. The molecule has 6 aromatic rings. The number of aryl methyl sites for hydroxylation is 1. The zero-order valence-corrected chi connectivity index (χ0v) is 35.6. The highest BCUT2D eigenvalue weighted by Crippen LogP contribution is 2.48. The maximum Gasteiger partial charge on any atom is 0.264 e. The highest BCUT2D eigenvalue weighted by atomic mass is 32.1. The minimum Gasteiger partial charge on any atom is -0.509 e. The molecule has 1 N–H and O–H groups in total. The number of phenolic OH excluding ortho intramolecular Hbond substituents is 1. The summed E-state index contributed by atoms with van der Waals surface area (Å²) in [5.74, 6) is 0.396. The Kier molecular flexibility index (Phi) is 8.26. The van der Waals surface area contributed by atoms with Crippen molar-refractivity contribution >= 4 is 131 Å². The Morgan fingerprint density at radius 1 is 0.574 bits per heavy atom. The highest BCUT2D eigenvalue weighted by molar-refractivity contribution is 7.33. The number of rotatable bonds is 2. The van der Waals surface area contributed by atoms with Crippen LogP contribution in [0.4, 0.5) is 34.1 Å². The lowest BCUT2D eigenvalue weighted by atomic mass is 9.36. The fourth-order valence-corrected chi connectivity index (χ4v) is 10.1. The topological polar surface area (TPSA) is 26.7 Å². The summed E-state index contributed by atoms with van der Waals surface area (Å²) in [4.78, 5) is 5.12. The van der Waals surface area contributed by atoms with E-state index in [9.17, 15) is 5.11 Å². The molecule has 0 saturated heterocycles. The second kappa shape index (κ2) is 12.1. The van der Waals surface area contributed by atoms with Crippen molar-refractivity contribution in [3.8, 4) is 5.75 Å². The Labute approximate surface area is 330 Å². The lowest BCUT2D eigenvalue weighted by Gasteiger charge is -2.45. The molecule has 0 amide bonds. The zero-order chi connectivity index (χ0) is 39.0. The van der Waals surface area contributed by atoms with Crippen molar-refractivity contribution in [3.05, 3.63) is 95.1 Å². The van der Waals surface area contributed by atoms with Gasteiger partial charge in [0.1, 0.15) is 37.1 Å². The standard InChI is InChI=1S/C45H51B5N2OS/c1-23-19-31-38-32(20-23)52(40-34(46)36(48)41(53)37(49)35(40)47)30-17-13-26(45(8,9)10)22-29(30)50(38)42-39(28-21-25(44(5,6)7)14-18-33(28)54-42)51(31)27-15-11-24(12-16-27)43(2,3)4/h11-22,53H,46-49H2,1-10H3. The fourth-order valence-electron chi connectivity index (χ4n) is 8.78. The molecular weight excluding hydrogens is 671 g/mol. The van der Waals surface area contributed by atoms with E-state index in [2.05, 4.69) is 183 Å². The van der Waals surface area contributed by atoms with Crippen LogP contribution in [0.15, 0.2) is 72.8 Å². The number of anilines is 6. The van der Waals surface area contributed by atoms with E-state index in [0.29, 0.717) is 5.75 Å². The average molecular weight is 722 g/mol. The van der Waals surface area contributed by atoms with Gasteiger partial charge in [-0.05, 0) is 98.8 Å². The average Bonchev–Trinajstić information content (AvgIpc) is 3.48. The first-order valence-electron chi connectivity index (χ1n) is 19.5. The van der Waals surface area contributed by atoms with Crippen molar-refractivity contribution < 1.29 is 5.11 Å². The third-order valence-corrected chi connectivity index (χ3v) is 13.5. The van der Waals surface area contributed by atoms with E-state index in [1.54, 1.807) is 0 Å². The number of fused-ring (bicyclic) bond motifs is 6. The highest BCUT2D eigenvalue weighted by Gasteiger charge is 2.46. The molecule has 0 atom stereocenters. The van der Waals surface area contributed by atoms with Crippen molar-refractivity contribution in [2.45, 2.75) is 85.5 Å². The predicted octanol–water partition coefficient (Wildman–Crippen LogP) is 3.92. The first kappa shape index (κ1) is 36.7. The van der Waals surface area contributed by atoms with E-state index in [1.165, 1.54) is 76.5 Å². The van der Waals surface area contributed by atoms with Crippen LogP contribution in [-0.4, -0.2) is 43.2 Å². The number of nitrogens with zero attached hydrogens (tertiary/aromatic N) is 2. The first-order chi connectivity index (χ1) is 25.2. The molecule has 8 rings (SSSR count). The van der Waals surface area contributed by atoms with Crippen LogP contribution >= 0.6 is 11.3 Å². The Hall–Kier alpha value is -4.22. The van der Waals surface area contributed by atoms with E-state index in [-0.39, 0.29) is 23.0 Å². The summed E-state index contributed by atoms with van der Waals surface area (Å²) in [6, 6.07) is 28.5. The van der Waals surface area contributed by atoms with E-state index < -0.39 is 0 Å². The molecule has 0 unspecified atom stereocenters. The molecule has 268 valence electrons. The van der Waals surface area contributed by atoms with E-state index in [0.717, 1.165) is 27.5 Å². The summed E-state index contributed by atoms with van der Waals surface area (Å²) in [7, 11) is 8.46. The largest absolute Gasteiger partial charge is 0.509 e. The first-order valence-corrected chi connectivity index (χ1v) is 20.4. The van der Waals surface area contributed by atoms with Gasteiger partial charge in [-0.15, -0.1) is 11.3 Å². The third kappa shape index (κ3) is 5.51. The number of aromatic hydroxyl groups is 1. The molecule has 3 heterocycles. The molecule has 2 aliphatic heterocycles. The van der Waals surface area contributed by atoms with E-state index >= 15 is 0 Å². The lowest BCUT2D eigenvalue weighted by Crippen LogP contribution is -2.61. The second-order valence-corrected chi connectivity index (χ2v) is 20.2. The normalized spacial score (nSPS) is 14.0. The van der Waals surface area contributed by atoms with Gasteiger partial charge in [-0.25, -0.2) is 0 Å². The summed E-state index contributed by atoms with van der Waals surface area (Å²) in [5, 5.41) is 12.6. The molecular formula is C45H51B5N2OS. The predicted molar refractivity (Wildman–Crippen MR) is 251 cm³/mol. The summed E-state index contributed by atoms with van der Waals surface area (Å²) in [6.07, 6.45) is 0. The lowest BCUT2D eigenvalue weighted by molar-refractivity contribution is 0.484. The van der Waals surface area contributed by atoms with Gasteiger partial charge in [-0.2, -0.15) is 0 Å². The molecule has 9 heteroatoms. The summed E-state index contributed by atoms with van der Waals surface area (Å²) >= 11 is 1.96. The number of hydrogen-bond donors (Lipinski definition) is 1. The quantitative estimate of drug-likeness (QED) is 0.275. The van der Waals surface area contributed by atoms with Crippen molar-refractivity contribution in [3.63, 3.8) is 0 Å². The summed E-state index contributed by atoms with van der Waals surface area (Å²) in [6.45, 7) is 23.1.